The van der Waals surface area contributed by atoms with Gasteiger partial charge in [-0.05, 0) is 18.4 Å². The first-order valence-corrected chi connectivity index (χ1v) is 9.44. The van der Waals surface area contributed by atoms with Crippen molar-refractivity contribution < 1.29 is 13.2 Å². The molecule has 2 atom stereocenters. The van der Waals surface area contributed by atoms with E-state index in [-0.39, 0.29) is 17.8 Å². The summed E-state index contributed by atoms with van der Waals surface area (Å²) < 4.78 is 31.0. The summed E-state index contributed by atoms with van der Waals surface area (Å²) in [4.78, 5) is 6.08. The lowest BCUT2D eigenvalue weighted by atomic mass is 9.99. The summed E-state index contributed by atoms with van der Waals surface area (Å²) in [7, 11) is -1.79. The second-order valence-electron chi connectivity index (χ2n) is 5.78. The quantitative estimate of drug-likeness (QED) is 0.835. The third-order valence-electron chi connectivity index (χ3n) is 4.01. The fourth-order valence-corrected chi connectivity index (χ4v) is 3.91. The number of hydrogen-bond donors (Lipinski definition) is 1. The number of aromatic nitrogens is 1. The predicted octanol–water partition coefficient (Wildman–Crippen LogP) is 1.12. The van der Waals surface area contributed by atoms with Gasteiger partial charge in [-0.25, -0.2) is 18.1 Å². The Kier molecular flexibility index (Phi) is 5.44. The zero-order valence-corrected chi connectivity index (χ0v) is 14.4. The molecule has 0 saturated carbocycles. The van der Waals surface area contributed by atoms with Gasteiger partial charge < -0.3 is 9.64 Å². The minimum atomic E-state index is -3.27. The molecular formula is C15H22N4O3S. The zero-order valence-electron chi connectivity index (χ0n) is 13.6. The lowest BCUT2D eigenvalue weighted by Crippen LogP contribution is -2.39. The van der Waals surface area contributed by atoms with E-state index in [1.165, 1.54) is 13.4 Å². The van der Waals surface area contributed by atoms with Crippen LogP contribution >= 0.6 is 0 Å². The Bertz CT molecular complexity index is 699. The molecule has 0 aliphatic carbocycles. The summed E-state index contributed by atoms with van der Waals surface area (Å²) in [5.74, 6) is 0.497. The Balaban J connectivity index is 2.30. The van der Waals surface area contributed by atoms with Crippen LogP contribution in [0.2, 0.25) is 0 Å². The van der Waals surface area contributed by atoms with Crippen molar-refractivity contribution in [3.63, 3.8) is 0 Å². The summed E-state index contributed by atoms with van der Waals surface area (Å²) in [5.41, 5.74) is 1.11. The van der Waals surface area contributed by atoms with Crippen LogP contribution in [0.25, 0.3) is 0 Å². The van der Waals surface area contributed by atoms with Crippen molar-refractivity contribution in [1.82, 2.24) is 9.71 Å². The molecule has 0 aromatic carbocycles. The number of sulfonamides is 1. The number of pyridine rings is 1. The number of hydrogen-bond acceptors (Lipinski definition) is 6. The number of nitrogens with zero attached hydrogens (tertiary/aromatic N) is 3. The SMILES string of the molecule is CCC[C@@H]1CN(c2ccnc(OC)c2C#N)C[C@H]1NS(C)(=O)=O. The minimum Gasteiger partial charge on any atom is -0.480 e. The third-order valence-corrected chi connectivity index (χ3v) is 4.74. The molecule has 1 aromatic heterocycles. The fraction of sp³-hybridized carbons (Fsp3) is 0.600. The molecule has 2 heterocycles. The van der Waals surface area contributed by atoms with E-state index in [1.807, 2.05) is 4.90 Å². The summed E-state index contributed by atoms with van der Waals surface area (Å²) in [6, 6.07) is 3.75. The molecule has 1 fully saturated rings. The average Bonchev–Trinajstić information content (AvgIpc) is 2.87. The van der Waals surface area contributed by atoms with Crippen LogP contribution in [0.5, 0.6) is 5.88 Å². The molecule has 1 N–H and O–H groups in total. The normalized spacial score (nSPS) is 21.2. The van der Waals surface area contributed by atoms with Crippen molar-refractivity contribution in [2.75, 3.05) is 31.4 Å². The van der Waals surface area contributed by atoms with Crippen molar-refractivity contribution in [1.29, 1.82) is 5.26 Å². The molecule has 1 saturated heterocycles. The molecule has 7 nitrogen and oxygen atoms in total. The molecule has 23 heavy (non-hydrogen) atoms. The van der Waals surface area contributed by atoms with Gasteiger partial charge in [-0.15, -0.1) is 0 Å². The predicted molar refractivity (Wildman–Crippen MR) is 87.9 cm³/mol. The maximum absolute atomic E-state index is 11.6. The molecule has 0 spiro atoms. The zero-order chi connectivity index (χ0) is 17.0. The molecule has 126 valence electrons. The number of ether oxygens (including phenoxy) is 1. The van der Waals surface area contributed by atoms with Gasteiger partial charge in [0.15, 0.2) is 0 Å². The van der Waals surface area contributed by atoms with Crippen molar-refractivity contribution in [2.24, 2.45) is 5.92 Å². The van der Waals surface area contributed by atoms with Gasteiger partial charge in [0.1, 0.15) is 11.6 Å². The Morgan fingerprint density at radius 3 is 2.83 bits per heavy atom. The number of methoxy groups -OCH3 is 1. The second kappa shape index (κ2) is 7.15. The third kappa shape index (κ3) is 4.12. The van der Waals surface area contributed by atoms with Crippen molar-refractivity contribution >= 4 is 15.7 Å². The van der Waals surface area contributed by atoms with E-state index >= 15 is 0 Å². The number of anilines is 1. The maximum Gasteiger partial charge on any atom is 0.233 e. The van der Waals surface area contributed by atoms with Gasteiger partial charge in [-0.2, -0.15) is 5.26 Å². The van der Waals surface area contributed by atoms with Gasteiger partial charge in [0, 0.05) is 25.3 Å². The maximum atomic E-state index is 11.6. The minimum absolute atomic E-state index is 0.157. The van der Waals surface area contributed by atoms with Crippen LogP contribution in [0.1, 0.15) is 25.3 Å². The van der Waals surface area contributed by atoms with Crippen molar-refractivity contribution in [2.45, 2.75) is 25.8 Å². The van der Waals surface area contributed by atoms with Crippen LogP contribution in [0.15, 0.2) is 12.3 Å². The molecule has 0 bridgehead atoms. The van der Waals surface area contributed by atoms with E-state index in [9.17, 15) is 13.7 Å². The van der Waals surface area contributed by atoms with Gasteiger partial charge >= 0.3 is 0 Å². The van der Waals surface area contributed by atoms with Crippen LogP contribution in [0.3, 0.4) is 0 Å². The van der Waals surface area contributed by atoms with E-state index in [2.05, 4.69) is 22.7 Å². The molecule has 1 aliphatic rings. The smallest absolute Gasteiger partial charge is 0.233 e. The largest absolute Gasteiger partial charge is 0.480 e. The number of nitriles is 1. The molecule has 8 heteroatoms. The van der Waals surface area contributed by atoms with E-state index in [0.29, 0.717) is 18.7 Å². The Morgan fingerprint density at radius 2 is 2.26 bits per heavy atom. The van der Waals surface area contributed by atoms with Crippen LogP contribution in [-0.2, 0) is 10.0 Å². The first-order valence-electron chi connectivity index (χ1n) is 7.55. The molecule has 1 aromatic rings. The van der Waals surface area contributed by atoms with Crippen molar-refractivity contribution in [3.8, 4) is 11.9 Å². The monoisotopic (exact) mass is 338 g/mol. The van der Waals surface area contributed by atoms with Crippen LogP contribution in [0, 0.1) is 17.2 Å². The van der Waals surface area contributed by atoms with E-state index in [0.717, 1.165) is 18.5 Å². The van der Waals surface area contributed by atoms with Gasteiger partial charge in [-0.1, -0.05) is 13.3 Å². The molecule has 1 aliphatic heterocycles. The van der Waals surface area contributed by atoms with Gasteiger partial charge in [0.25, 0.3) is 0 Å². The summed E-state index contributed by atoms with van der Waals surface area (Å²) in [5, 5.41) is 9.40. The topological polar surface area (TPSA) is 95.3 Å². The van der Waals surface area contributed by atoms with E-state index < -0.39 is 10.0 Å². The number of nitrogens with one attached hydrogen (secondary N) is 1. The molecule has 0 amide bonds. The summed E-state index contributed by atoms with van der Waals surface area (Å²) in [6.07, 6.45) is 4.68. The van der Waals surface area contributed by atoms with E-state index in [1.54, 1.807) is 12.3 Å². The Labute approximate surface area is 137 Å². The van der Waals surface area contributed by atoms with Crippen LogP contribution < -0.4 is 14.4 Å². The molecule has 2 rings (SSSR count). The molecule has 0 unspecified atom stereocenters. The highest BCUT2D eigenvalue weighted by Gasteiger charge is 2.35. The Hall–Kier alpha value is -1.85. The lowest BCUT2D eigenvalue weighted by Gasteiger charge is -2.20. The van der Waals surface area contributed by atoms with Crippen LogP contribution in [-0.4, -0.2) is 45.9 Å². The van der Waals surface area contributed by atoms with Gasteiger partial charge in [-0.3, -0.25) is 0 Å². The molecule has 0 radical (unpaired) electrons. The lowest BCUT2D eigenvalue weighted by molar-refractivity contribution is 0.396. The van der Waals surface area contributed by atoms with Gasteiger partial charge in [0.05, 0.1) is 19.1 Å². The van der Waals surface area contributed by atoms with Gasteiger partial charge in [0.2, 0.25) is 15.9 Å². The second-order valence-corrected chi connectivity index (χ2v) is 7.56. The first kappa shape index (κ1) is 17.5. The van der Waals surface area contributed by atoms with Crippen LogP contribution in [0.4, 0.5) is 5.69 Å². The molecular weight excluding hydrogens is 316 g/mol. The summed E-state index contributed by atoms with van der Waals surface area (Å²) >= 11 is 0. The Morgan fingerprint density at radius 1 is 1.52 bits per heavy atom. The van der Waals surface area contributed by atoms with E-state index in [4.69, 9.17) is 4.74 Å². The standard InChI is InChI=1S/C15H22N4O3S/c1-4-5-11-9-19(10-13(11)18-23(3,20)21)14-6-7-17-15(22-2)12(14)8-16/h6-7,11,13,18H,4-5,9-10H2,1-3H3/t11-,13-/m1/s1. The average molecular weight is 338 g/mol. The fourth-order valence-electron chi connectivity index (χ4n) is 3.10. The summed E-state index contributed by atoms with van der Waals surface area (Å²) in [6.45, 7) is 3.30. The first-order chi connectivity index (χ1) is 10.9. The highest BCUT2D eigenvalue weighted by molar-refractivity contribution is 7.88. The number of rotatable bonds is 6. The highest BCUT2D eigenvalue weighted by Crippen LogP contribution is 2.32. The van der Waals surface area contributed by atoms with Crippen molar-refractivity contribution in [3.05, 3.63) is 17.8 Å². The highest BCUT2D eigenvalue weighted by atomic mass is 32.2.